The van der Waals surface area contributed by atoms with Gasteiger partial charge in [-0.1, -0.05) is 0 Å². The van der Waals surface area contributed by atoms with E-state index in [1.165, 1.54) is 13.0 Å². The molecule has 0 aliphatic carbocycles. The minimum atomic E-state index is -0.578. The summed E-state index contributed by atoms with van der Waals surface area (Å²) in [7, 11) is 0. The van der Waals surface area contributed by atoms with Gasteiger partial charge in [0.1, 0.15) is 4.47 Å². The van der Waals surface area contributed by atoms with Crippen molar-refractivity contribution < 1.29 is 9.72 Å². The van der Waals surface area contributed by atoms with Crippen molar-refractivity contribution in [1.29, 1.82) is 0 Å². The highest BCUT2D eigenvalue weighted by Crippen LogP contribution is 2.35. The second-order valence-electron chi connectivity index (χ2n) is 2.57. The van der Waals surface area contributed by atoms with Crippen molar-refractivity contribution in [1.82, 2.24) is 0 Å². The number of carbonyl (C=O) groups excluding carboxylic acids is 1. The minimum absolute atomic E-state index is 0.102. The van der Waals surface area contributed by atoms with Crippen LogP contribution in [0.1, 0.15) is 17.3 Å². The number of carbonyl (C=O) groups is 1. The van der Waals surface area contributed by atoms with Crippen LogP contribution in [0.25, 0.3) is 0 Å². The molecule has 0 saturated heterocycles. The number of Topliss-reactive ketones (excluding diaryl/α,β-unsaturated/α-hetero) is 1. The van der Waals surface area contributed by atoms with Gasteiger partial charge in [0.2, 0.25) is 0 Å². The van der Waals surface area contributed by atoms with Crippen LogP contribution in [0.3, 0.4) is 0 Å². The highest BCUT2D eigenvalue weighted by Gasteiger charge is 2.22. The molecular formula is C8H5Br2NO3. The summed E-state index contributed by atoms with van der Waals surface area (Å²) in [6.07, 6.45) is 0. The molecule has 0 saturated carbocycles. The van der Waals surface area contributed by atoms with E-state index in [4.69, 9.17) is 0 Å². The Labute approximate surface area is 96.7 Å². The van der Waals surface area contributed by atoms with Crippen LogP contribution in [0, 0.1) is 10.1 Å². The summed E-state index contributed by atoms with van der Waals surface area (Å²) in [4.78, 5) is 21.2. The minimum Gasteiger partial charge on any atom is -0.294 e. The fraction of sp³-hybridized carbons (Fsp3) is 0.125. The van der Waals surface area contributed by atoms with Crippen LogP contribution < -0.4 is 0 Å². The van der Waals surface area contributed by atoms with Gasteiger partial charge >= 0.3 is 0 Å². The summed E-state index contributed by atoms with van der Waals surface area (Å²) >= 11 is 6.19. The standard InChI is InChI=1S/C8H5Br2NO3/c1-4(12)5-2-3-6(9)7(10)8(5)11(13)14/h2-3H,1H3. The second kappa shape index (κ2) is 4.18. The van der Waals surface area contributed by atoms with E-state index in [0.717, 1.165) is 0 Å². The smallest absolute Gasteiger partial charge is 0.294 e. The molecule has 0 aromatic heterocycles. The average Bonchev–Trinajstić information content (AvgIpc) is 2.08. The largest absolute Gasteiger partial charge is 0.295 e. The number of rotatable bonds is 2. The highest BCUT2D eigenvalue weighted by atomic mass is 79.9. The van der Waals surface area contributed by atoms with E-state index in [9.17, 15) is 14.9 Å². The van der Waals surface area contributed by atoms with Crippen LogP contribution in [-0.2, 0) is 0 Å². The maximum absolute atomic E-state index is 11.1. The van der Waals surface area contributed by atoms with Gasteiger partial charge in [0.25, 0.3) is 5.69 Å². The SMILES string of the molecule is CC(=O)c1ccc(Br)c(Br)c1[N+](=O)[O-]. The Morgan fingerprint density at radius 1 is 1.43 bits per heavy atom. The molecule has 0 atom stereocenters. The Morgan fingerprint density at radius 2 is 2.00 bits per heavy atom. The zero-order valence-electron chi connectivity index (χ0n) is 7.08. The number of nitrogens with zero attached hydrogens (tertiary/aromatic N) is 1. The molecule has 0 aliphatic heterocycles. The number of hydrogen-bond donors (Lipinski definition) is 0. The van der Waals surface area contributed by atoms with E-state index in [2.05, 4.69) is 31.9 Å². The van der Waals surface area contributed by atoms with E-state index in [0.29, 0.717) is 4.47 Å². The van der Waals surface area contributed by atoms with Crippen LogP contribution in [0.2, 0.25) is 0 Å². The Balaban J connectivity index is 3.53. The van der Waals surface area contributed by atoms with Gasteiger partial charge in [0.15, 0.2) is 5.78 Å². The van der Waals surface area contributed by atoms with Gasteiger partial charge in [-0.2, -0.15) is 0 Å². The van der Waals surface area contributed by atoms with Gasteiger partial charge in [0.05, 0.1) is 10.5 Å². The lowest BCUT2D eigenvalue weighted by Crippen LogP contribution is -2.01. The van der Waals surface area contributed by atoms with Crippen molar-refractivity contribution in [2.45, 2.75) is 6.92 Å². The number of ketones is 1. The van der Waals surface area contributed by atoms with E-state index < -0.39 is 4.92 Å². The van der Waals surface area contributed by atoms with Gasteiger partial charge in [-0.25, -0.2) is 0 Å². The molecular weight excluding hydrogens is 318 g/mol. The van der Waals surface area contributed by atoms with Gasteiger partial charge in [-0.05, 0) is 50.9 Å². The lowest BCUT2D eigenvalue weighted by molar-refractivity contribution is -0.386. The van der Waals surface area contributed by atoms with Gasteiger partial charge in [-0.15, -0.1) is 0 Å². The monoisotopic (exact) mass is 321 g/mol. The van der Waals surface area contributed by atoms with E-state index >= 15 is 0 Å². The quantitative estimate of drug-likeness (QED) is 0.476. The molecule has 0 spiro atoms. The van der Waals surface area contributed by atoms with Crippen molar-refractivity contribution in [3.63, 3.8) is 0 Å². The number of nitro groups is 1. The molecule has 1 aromatic carbocycles. The maximum Gasteiger partial charge on any atom is 0.295 e. The molecule has 0 aliphatic rings. The molecule has 0 N–H and O–H groups in total. The van der Waals surface area contributed by atoms with Crippen molar-refractivity contribution in [3.05, 3.63) is 36.8 Å². The van der Waals surface area contributed by atoms with Crippen LogP contribution in [0.5, 0.6) is 0 Å². The Bertz CT molecular complexity index is 417. The molecule has 0 fully saturated rings. The molecule has 0 amide bonds. The highest BCUT2D eigenvalue weighted by molar-refractivity contribution is 9.13. The third kappa shape index (κ3) is 2.01. The van der Waals surface area contributed by atoms with E-state index in [1.807, 2.05) is 0 Å². The normalized spacial score (nSPS) is 9.93. The van der Waals surface area contributed by atoms with Crippen LogP contribution in [0.15, 0.2) is 21.1 Å². The lowest BCUT2D eigenvalue weighted by atomic mass is 10.1. The van der Waals surface area contributed by atoms with Crippen LogP contribution in [0.4, 0.5) is 5.69 Å². The molecule has 14 heavy (non-hydrogen) atoms. The summed E-state index contributed by atoms with van der Waals surface area (Å²) in [6, 6.07) is 3.02. The van der Waals surface area contributed by atoms with E-state index in [-0.39, 0.29) is 21.5 Å². The summed E-state index contributed by atoms with van der Waals surface area (Å²) in [5.74, 6) is -0.329. The van der Waals surface area contributed by atoms with Crippen molar-refractivity contribution in [3.8, 4) is 0 Å². The maximum atomic E-state index is 11.1. The zero-order chi connectivity index (χ0) is 10.9. The fourth-order valence-corrected chi connectivity index (χ4v) is 1.81. The van der Waals surface area contributed by atoms with Crippen molar-refractivity contribution in [2.75, 3.05) is 0 Å². The van der Waals surface area contributed by atoms with Crippen LogP contribution >= 0.6 is 31.9 Å². The first-order valence-corrected chi connectivity index (χ1v) is 5.17. The van der Waals surface area contributed by atoms with Crippen LogP contribution in [-0.4, -0.2) is 10.7 Å². The molecule has 6 heteroatoms. The summed E-state index contributed by atoms with van der Waals surface area (Å²) in [5, 5.41) is 10.7. The molecule has 74 valence electrons. The first-order valence-electron chi connectivity index (χ1n) is 3.58. The van der Waals surface area contributed by atoms with Crippen molar-refractivity contribution in [2.24, 2.45) is 0 Å². The Morgan fingerprint density at radius 3 is 2.43 bits per heavy atom. The van der Waals surface area contributed by atoms with E-state index in [1.54, 1.807) is 6.07 Å². The second-order valence-corrected chi connectivity index (χ2v) is 4.22. The molecule has 0 radical (unpaired) electrons. The number of halogens is 2. The zero-order valence-corrected chi connectivity index (χ0v) is 10.3. The van der Waals surface area contributed by atoms with Gasteiger partial charge in [-0.3, -0.25) is 14.9 Å². The molecule has 1 aromatic rings. The first kappa shape index (κ1) is 11.3. The lowest BCUT2D eigenvalue weighted by Gasteiger charge is -2.02. The third-order valence-electron chi connectivity index (χ3n) is 1.63. The van der Waals surface area contributed by atoms with Crippen molar-refractivity contribution >= 4 is 43.3 Å². The van der Waals surface area contributed by atoms with Gasteiger partial charge < -0.3 is 0 Å². The number of benzene rings is 1. The predicted molar refractivity (Wildman–Crippen MR) is 58.5 cm³/mol. The Kier molecular flexibility index (Phi) is 3.38. The topological polar surface area (TPSA) is 60.2 Å². The number of nitro benzene ring substituents is 1. The Hall–Kier alpha value is -0.750. The summed E-state index contributed by atoms with van der Waals surface area (Å²) in [6.45, 7) is 1.29. The molecule has 4 nitrogen and oxygen atoms in total. The summed E-state index contributed by atoms with van der Waals surface area (Å²) in [5.41, 5.74) is -0.100. The number of hydrogen-bond acceptors (Lipinski definition) is 3. The molecule has 1 rings (SSSR count). The molecule has 0 heterocycles. The first-order chi connectivity index (χ1) is 6.45. The fourth-order valence-electron chi connectivity index (χ4n) is 1.00. The predicted octanol–water partition coefficient (Wildman–Crippen LogP) is 3.32. The molecule has 0 bridgehead atoms. The summed E-state index contributed by atoms with van der Waals surface area (Å²) < 4.78 is 0.837. The van der Waals surface area contributed by atoms with Gasteiger partial charge in [0, 0.05) is 4.47 Å². The molecule has 0 unspecified atom stereocenters. The third-order valence-corrected chi connectivity index (χ3v) is 3.63. The average molecular weight is 323 g/mol.